The standard InChI is InChI=1S/C25H27NO4/c1-2-21-23(30-16-20-15-28-11-12-29-20)14-24(27)26-10-9-19-13-18(6-5-17-3-4-17)7-8-22(19)25(21)26/h7-8,13-14,17,20H,2-4,9-12,15-16H2,1H3/t20-/m0/s1. The van der Waals surface area contributed by atoms with Crippen LogP contribution in [-0.2, 0) is 28.9 Å². The molecule has 0 spiro atoms. The maximum Gasteiger partial charge on any atom is 0.254 e. The second-order valence-corrected chi connectivity index (χ2v) is 8.22. The van der Waals surface area contributed by atoms with Gasteiger partial charge < -0.3 is 18.8 Å². The van der Waals surface area contributed by atoms with Crippen molar-refractivity contribution in [3.05, 3.63) is 51.3 Å². The van der Waals surface area contributed by atoms with Crippen molar-refractivity contribution in [1.82, 2.24) is 4.57 Å². The highest BCUT2D eigenvalue weighted by Gasteiger charge is 2.24. The molecule has 0 bridgehead atoms. The molecule has 2 fully saturated rings. The molecule has 1 saturated carbocycles. The van der Waals surface area contributed by atoms with Crippen LogP contribution in [0.4, 0.5) is 0 Å². The molecule has 5 rings (SSSR count). The van der Waals surface area contributed by atoms with E-state index in [9.17, 15) is 4.79 Å². The van der Waals surface area contributed by atoms with E-state index in [1.165, 1.54) is 18.4 Å². The fraction of sp³-hybridized carbons (Fsp3) is 0.480. The van der Waals surface area contributed by atoms with Crippen LogP contribution in [0, 0.1) is 17.8 Å². The lowest BCUT2D eigenvalue weighted by molar-refractivity contribution is -0.101. The third-order valence-electron chi connectivity index (χ3n) is 6.00. The van der Waals surface area contributed by atoms with Crippen molar-refractivity contribution in [2.75, 3.05) is 26.4 Å². The summed E-state index contributed by atoms with van der Waals surface area (Å²) in [7, 11) is 0. The summed E-state index contributed by atoms with van der Waals surface area (Å²) in [5, 5.41) is 0. The first kappa shape index (κ1) is 19.4. The number of hydrogen-bond donors (Lipinski definition) is 0. The summed E-state index contributed by atoms with van der Waals surface area (Å²) in [4.78, 5) is 12.9. The van der Waals surface area contributed by atoms with Gasteiger partial charge in [0.2, 0.25) is 0 Å². The van der Waals surface area contributed by atoms with Crippen LogP contribution < -0.4 is 10.3 Å². The Hall–Kier alpha value is -2.55. The van der Waals surface area contributed by atoms with E-state index in [2.05, 4.69) is 37.0 Å². The normalized spacial score (nSPS) is 20.0. The molecule has 0 radical (unpaired) electrons. The van der Waals surface area contributed by atoms with E-state index in [0.717, 1.165) is 35.2 Å². The van der Waals surface area contributed by atoms with Gasteiger partial charge in [-0.2, -0.15) is 0 Å². The lowest BCUT2D eigenvalue weighted by Gasteiger charge is -2.27. The molecule has 0 N–H and O–H groups in total. The Balaban J connectivity index is 1.49. The second-order valence-electron chi connectivity index (χ2n) is 8.22. The van der Waals surface area contributed by atoms with Gasteiger partial charge in [-0.15, -0.1) is 0 Å². The summed E-state index contributed by atoms with van der Waals surface area (Å²) >= 11 is 0. The van der Waals surface area contributed by atoms with Crippen molar-refractivity contribution in [1.29, 1.82) is 0 Å². The molecule has 156 valence electrons. The van der Waals surface area contributed by atoms with Crippen molar-refractivity contribution in [3.8, 4) is 28.8 Å². The first-order chi connectivity index (χ1) is 14.7. The molecule has 2 aromatic rings. The Morgan fingerprint density at radius 3 is 2.90 bits per heavy atom. The van der Waals surface area contributed by atoms with Crippen molar-refractivity contribution in [2.24, 2.45) is 5.92 Å². The number of aromatic nitrogens is 1. The Bertz CT molecular complexity index is 1070. The van der Waals surface area contributed by atoms with Gasteiger partial charge in [-0.1, -0.05) is 24.8 Å². The molecule has 3 heterocycles. The van der Waals surface area contributed by atoms with E-state index in [1.54, 1.807) is 6.07 Å². The lowest BCUT2D eigenvalue weighted by atomic mass is 9.91. The van der Waals surface area contributed by atoms with Crippen molar-refractivity contribution >= 4 is 0 Å². The number of rotatable bonds is 4. The smallest absolute Gasteiger partial charge is 0.254 e. The summed E-state index contributed by atoms with van der Waals surface area (Å²) in [5.74, 6) is 7.91. The molecule has 0 unspecified atom stereocenters. The molecular weight excluding hydrogens is 378 g/mol. The van der Waals surface area contributed by atoms with Gasteiger partial charge in [0, 0.05) is 35.2 Å². The van der Waals surface area contributed by atoms with Gasteiger partial charge in [-0.05, 0) is 43.4 Å². The molecule has 30 heavy (non-hydrogen) atoms. The van der Waals surface area contributed by atoms with Gasteiger partial charge in [-0.25, -0.2) is 0 Å². The number of ether oxygens (including phenoxy) is 3. The SMILES string of the molecule is CCc1c(OC[C@@H]2COCCO2)cc(=O)n2c1-c1ccc(C#CC3CC3)cc1CC2. The van der Waals surface area contributed by atoms with Crippen LogP contribution in [-0.4, -0.2) is 37.1 Å². The third kappa shape index (κ3) is 3.90. The first-order valence-corrected chi connectivity index (χ1v) is 11.0. The minimum Gasteiger partial charge on any atom is -0.490 e. The molecule has 3 aliphatic rings. The van der Waals surface area contributed by atoms with E-state index in [0.29, 0.717) is 44.6 Å². The average Bonchev–Trinajstić information content (AvgIpc) is 3.61. The van der Waals surface area contributed by atoms with E-state index in [-0.39, 0.29) is 11.7 Å². The minimum atomic E-state index is -0.0953. The topological polar surface area (TPSA) is 49.7 Å². The Morgan fingerprint density at radius 2 is 2.13 bits per heavy atom. The zero-order valence-electron chi connectivity index (χ0n) is 17.4. The van der Waals surface area contributed by atoms with Gasteiger partial charge in [0.25, 0.3) is 5.56 Å². The summed E-state index contributed by atoms with van der Waals surface area (Å²) in [6.07, 6.45) is 4.00. The molecule has 1 aromatic heterocycles. The fourth-order valence-corrected chi connectivity index (χ4v) is 4.24. The van der Waals surface area contributed by atoms with Crippen LogP contribution in [0.15, 0.2) is 29.1 Å². The predicted octanol–water partition coefficient (Wildman–Crippen LogP) is 3.19. The molecule has 2 aliphatic heterocycles. The van der Waals surface area contributed by atoms with E-state index < -0.39 is 0 Å². The van der Waals surface area contributed by atoms with Crippen LogP contribution in [0.3, 0.4) is 0 Å². The number of fused-ring (bicyclic) bond motifs is 3. The molecular formula is C25H27NO4. The van der Waals surface area contributed by atoms with Gasteiger partial charge in [0.1, 0.15) is 18.5 Å². The van der Waals surface area contributed by atoms with E-state index in [4.69, 9.17) is 14.2 Å². The Kier molecular flexibility index (Phi) is 5.37. The molecule has 1 aromatic carbocycles. The summed E-state index contributed by atoms with van der Waals surface area (Å²) in [6.45, 7) is 4.92. The van der Waals surface area contributed by atoms with Crippen molar-refractivity contribution < 1.29 is 14.2 Å². The van der Waals surface area contributed by atoms with Gasteiger partial charge >= 0.3 is 0 Å². The fourth-order valence-electron chi connectivity index (χ4n) is 4.24. The highest BCUT2D eigenvalue weighted by atomic mass is 16.6. The predicted molar refractivity (Wildman–Crippen MR) is 115 cm³/mol. The highest BCUT2D eigenvalue weighted by Crippen LogP contribution is 2.36. The average molecular weight is 405 g/mol. The molecule has 5 nitrogen and oxygen atoms in total. The summed E-state index contributed by atoms with van der Waals surface area (Å²) < 4.78 is 19.1. The molecule has 1 atom stereocenters. The van der Waals surface area contributed by atoms with Gasteiger partial charge in [0.15, 0.2) is 0 Å². The zero-order valence-corrected chi connectivity index (χ0v) is 17.4. The Labute approximate surface area is 177 Å². The van der Waals surface area contributed by atoms with Crippen LogP contribution in [0.5, 0.6) is 5.75 Å². The number of benzene rings is 1. The van der Waals surface area contributed by atoms with Crippen LogP contribution in [0.25, 0.3) is 11.3 Å². The molecule has 0 amide bonds. The van der Waals surface area contributed by atoms with Gasteiger partial charge in [0.05, 0.1) is 25.5 Å². The quantitative estimate of drug-likeness (QED) is 0.733. The number of pyridine rings is 1. The molecule has 5 heteroatoms. The monoisotopic (exact) mass is 405 g/mol. The zero-order chi connectivity index (χ0) is 20.5. The van der Waals surface area contributed by atoms with Crippen molar-refractivity contribution in [3.63, 3.8) is 0 Å². The van der Waals surface area contributed by atoms with Crippen molar-refractivity contribution in [2.45, 2.75) is 45.3 Å². The number of nitrogens with zero attached hydrogens (tertiary/aromatic N) is 1. The van der Waals surface area contributed by atoms with Crippen LogP contribution in [0.2, 0.25) is 0 Å². The molecule has 1 saturated heterocycles. The van der Waals surface area contributed by atoms with Crippen LogP contribution >= 0.6 is 0 Å². The van der Waals surface area contributed by atoms with E-state index >= 15 is 0 Å². The van der Waals surface area contributed by atoms with Crippen LogP contribution in [0.1, 0.15) is 36.5 Å². The Morgan fingerprint density at radius 1 is 1.23 bits per heavy atom. The maximum absolute atomic E-state index is 12.9. The minimum absolute atomic E-state index is 0.0127. The number of hydrogen-bond acceptors (Lipinski definition) is 4. The highest BCUT2D eigenvalue weighted by molar-refractivity contribution is 5.72. The second kappa shape index (κ2) is 8.29. The maximum atomic E-state index is 12.9. The molecule has 1 aliphatic carbocycles. The third-order valence-corrected chi connectivity index (χ3v) is 6.00. The van der Waals surface area contributed by atoms with Gasteiger partial charge in [-0.3, -0.25) is 4.79 Å². The number of aryl methyl sites for hydroxylation is 1. The summed E-state index contributed by atoms with van der Waals surface area (Å²) in [6, 6.07) is 8.03. The largest absolute Gasteiger partial charge is 0.490 e. The summed E-state index contributed by atoms with van der Waals surface area (Å²) in [5.41, 5.74) is 5.49. The first-order valence-electron chi connectivity index (χ1n) is 11.0. The lowest BCUT2D eigenvalue weighted by Crippen LogP contribution is -2.34. The van der Waals surface area contributed by atoms with E-state index in [1.807, 2.05) is 4.57 Å².